The van der Waals surface area contributed by atoms with Crippen LogP contribution in [0.2, 0.25) is 0 Å². The fraction of sp³-hybridized carbons (Fsp3) is 0.333. The molecule has 0 fully saturated rings. The van der Waals surface area contributed by atoms with Gasteiger partial charge in [0.15, 0.2) is 5.78 Å². The summed E-state index contributed by atoms with van der Waals surface area (Å²) in [6.07, 6.45) is -2.32. The van der Waals surface area contributed by atoms with Gasteiger partial charge in [0, 0.05) is 29.6 Å². The van der Waals surface area contributed by atoms with Crippen molar-refractivity contribution in [3.8, 4) is 18.0 Å². The van der Waals surface area contributed by atoms with Gasteiger partial charge < -0.3 is 5.11 Å². The van der Waals surface area contributed by atoms with Gasteiger partial charge in [0.2, 0.25) is 5.84 Å². The molecule has 31 heavy (non-hydrogen) atoms. The quantitative estimate of drug-likeness (QED) is 0.553. The molecule has 0 saturated heterocycles. The SMILES string of the molecule is CC1(C)CC(O)(c2ncc(F)cc2/C2=C/N=C(/C(F)(F)F)NC#CC2)C=C(C#N)C1=O. The second kappa shape index (κ2) is 7.64. The molecule has 3 rings (SSSR count). The average molecular weight is 432 g/mol. The van der Waals surface area contributed by atoms with Gasteiger partial charge >= 0.3 is 6.18 Å². The molecular formula is C21H16F4N4O2. The van der Waals surface area contributed by atoms with Crippen molar-refractivity contribution in [2.24, 2.45) is 10.4 Å². The zero-order valence-corrected chi connectivity index (χ0v) is 16.4. The van der Waals surface area contributed by atoms with E-state index in [1.807, 2.05) is 5.32 Å². The number of alkyl halides is 3. The molecule has 2 N–H and O–H groups in total. The Kier molecular flexibility index (Phi) is 5.47. The number of hydrogen-bond donors (Lipinski definition) is 2. The lowest BCUT2D eigenvalue weighted by molar-refractivity contribution is -0.127. The van der Waals surface area contributed by atoms with Crippen LogP contribution >= 0.6 is 0 Å². The molecular weight excluding hydrogens is 416 g/mol. The van der Waals surface area contributed by atoms with Crippen molar-refractivity contribution < 1.29 is 27.5 Å². The van der Waals surface area contributed by atoms with E-state index in [-0.39, 0.29) is 35.2 Å². The average Bonchev–Trinajstić information content (AvgIpc) is 2.63. The number of nitriles is 1. The van der Waals surface area contributed by atoms with Crippen molar-refractivity contribution in [2.75, 3.05) is 0 Å². The zero-order valence-electron chi connectivity index (χ0n) is 16.4. The number of pyridine rings is 1. The number of amidine groups is 1. The van der Waals surface area contributed by atoms with E-state index in [9.17, 15) is 32.7 Å². The molecule has 1 aromatic rings. The monoisotopic (exact) mass is 432 g/mol. The van der Waals surface area contributed by atoms with Crippen LogP contribution in [-0.2, 0) is 10.4 Å². The summed E-state index contributed by atoms with van der Waals surface area (Å²) >= 11 is 0. The Balaban J connectivity index is 2.21. The number of carbonyl (C=O) groups excluding carboxylic acids is 1. The van der Waals surface area contributed by atoms with Crippen molar-refractivity contribution >= 4 is 17.2 Å². The van der Waals surface area contributed by atoms with Gasteiger partial charge in [-0.1, -0.05) is 19.8 Å². The van der Waals surface area contributed by atoms with E-state index < -0.39 is 34.6 Å². The molecule has 1 aliphatic carbocycles. The molecule has 2 heterocycles. The number of rotatable bonds is 2. The summed E-state index contributed by atoms with van der Waals surface area (Å²) in [4.78, 5) is 19.8. The topological polar surface area (TPSA) is 98.4 Å². The van der Waals surface area contributed by atoms with Crippen LogP contribution in [-0.4, -0.2) is 27.9 Å². The molecule has 0 amide bonds. The van der Waals surface area contributed by atoms with Crippen LogP contribution in [0.3, 0.4) is 0 Å². The van der Waals surface area contributed by atoms with Crippen molar-refractivity contribution in [1.29, 1.82) is 5.26 Å². The Morgan fingerprint density at radius 1 is 1.35 bits per heavy atom. The predicted molar refractivity (Wildman–Crippen MR) is 102 cm³/mol. The summed E-state index contributed by atoms with van der Waals surface area (Å²) in [5.74, 6) is -0.137. The fourth-order valence-corrected chi connectivity index (χ4v) is 3.51. The highest BCUT2D eigenvalue weighted by Gasteiger charge is 2.47. The maximum absolute atomic E-state index is 14.0. The minimum absolute atomic E-state index is 0.0253. The fourth-order valence-electron chi connectivity index (χ4n) is 3.51. The van der Waals surface area contributed by atoms with E-state index in [2.05, 4.69) is 21.9 Å². The number of nitrogens with zero attached hydrogens (tertiary/aromatic N) is 3. The first-order valence-electron chi connectivity index (χ1n) is 9.02. The van der Waals surface area contributed by atoms with Crippen LogP contribution in [0, 0.1) is 34.5 Å². The molecule has 1 atom stereocenters. The Morgan fingerprint density at radius 3 is 2.71 bits per heavy atom. The smallest absolute Gasteiger partial charge is 0.379 e. The third kappa shape index (κ3) is 4.35. The Bertz CT molecular complexity index is 1150. The third-order valence-corrected chi connectivity index (χ3v) is 4.85. The highest BCUT2D eigenvalue weighted by atomic mass is 19.4. The summed E-state index contributed by atoms with van der Waals surface area (Å²) in [5.41, 5.74) is -3.44. The van der Waals surface area contributed by atoms with Crippen LogP contribution in [0.15, 0.2) is 35.1 Å². The van der Waals surface area contributed by atoms with Gasteiger partial charge in [-0.3, -0.25) is 15.1 Å². The van der Waals surface area contributed by atoms with E-state index >= 15 is 0 Å². The second-order valence-electron chi connectivity index (χ2n) is 7.77. The van der Waals surface area contributed by atoms with Gasteiger partial charge in [-0.15, -0.1) is 0 Å². The summed E-state index contributed by atoms with van der Waals surface area (Å²) in [7, 11) is 0. The number of allylic oxidation sites excluding steroid dienone is 2. The summed E-state index contributed by atoms with van der Waals surface area (Å²) in [5, 5.41) is 22.5. The highest BCUT2D eigenvalue weighted by Crippen LogP contribution is 2.44. The van der Waals surface area contributed by atoms with E-state index in [4.69, 9.17) is 0 Å². The lowest BCUT2D eigenvalue weighted by Gasteiger charge is -2.38. The number of ketones is 1. The maximum Gasteiger partial charge on any atom is 0.450 e. The number of aliphatic hydroxyl groups is 1. The van der Waals surface area contributed by atoms with Gasteiger partial charge in [-0.05, 0) is 24.1 Å². The number of halogens is 4. The summed E-state index contributed by atoms with van der Waals surface area (Å²) < 4.78 is 53.1. The first kappa shape index (κ1) is 22.2. The Labute approximate surface area is 175 Å². The number of Topliss-reactive ketones (excluding diaryl/α,β-unsaturated/α-hetero) is 1. The molecule has 0 aromatic carbocycles. The van der Waals surface area contributed by atoms with E-state index in [0.717, 1.165) is 24.5 Å². The minimum atomic E-state index is -4.78. The van der Waals surface area contributed by atoms with Gasteiger partial charge in [0.05, 0.1) is 17.5 Å². The van der Waals surface area contributed by atoms with E-state index in [1.54, 1.807) is 19.9 Å². The first-order chi connectivity index (χ1) is 14.4. The van der Waals surface area contributed by atoms with Crippen LogP contribution in [0.5, 0.6) is 0 Å². The van der Waals surface area contributed by atoms with Crippen LogP contribution in [0.1, 0.15) is 37.9 Å². The number of nitrogens with one attached hydrogen (secondary N) is 1. The lowest BCUT2D eigenvalue weighted by Crippen LogP contribution is -2.42. The highest BCUT2D eigenvalue weighted by molar-refractivity contribution is 6.04. The van der Waals surface area contributed by atoms with Gasteiger partial charge in [-0.2, -0.15) is 18.4 Å². The number of aromatic nitrogens is 1. The van der Waals surface area contributed by atoms with Crippen molar-refractivity contribution in [1.82, 2.24) is 10.3 Å². The third-order valence-electron chi connectivity index (χ3n) is 4.85. The molecule has 0 radical (unpaired) electrons. The summed E-state index contributed by atoms with van der Waals surface area (Å²) in [6.45, 7) is 3.08. The van der Waals surface area contributed by atoms with Crippen LogP contribution in [0.4, 0.5) is 17.6 Å². The lowest BCUT2D eigenvalue weighted by atomic mass is 9.68. The summed E-state index contributed by atoms with van der Waals surface area (Å²) in [6, 6.07) is 4.87. The molecule has 1 unspecified atom stereocenters. The van der Waals surface area contributed by atoms with Gasteiger partial charge in [-0.25, -0.2) is 9.38 Å². The second-order valence-corrected chi connectivity index (χ2v) is 7.77. The van der Waals surface area contributed by atoms with Gasteiger partial charge in [0.1, 0.15) is 17.5 Å². The molecule has 10 heteroatoms. The molecule has 6 nitrogen and oxygen atoms in total. The number of aliphatic imine (C=N–C) groups is 1. The predicted octanol–water partition coefficient (Wildman–Crippen LogP) is 3.11. The Morgan fingerprint density at radius 2 is 2.06 bits per heavy atom. The number of carbonyl (C=O) groups is 1. The molecule has 0 saturated carbocycles. The first-order valence-corrected chi connectivity index (χ1v) is 9.02. The molecule has 2 aliphatic rings. The maximum atomic E-state index is 14.0. The zero-order chi connectivity index (χ0) is 23.0. The number of hydrogen-bond acceptors (Lipinski definition) is 6. The van der Waals surface area contributed by atoms with Crippen LogP contribution in [0.25, 0.3) is 5.57 Å². The Hall–Kier alpha value is -3.50. The van der Waals surface area contributed by atoms with Crippen LogP contribution < -0.4 is 5.32 Å². The molecule has 1 aliphatic heterocycles. The van der Waals surface area contributed by atoms with E-state index in [1.165, 1.54) is 0 Å². The van der Waals surface area contributed by atoms with Gasteiger partial charge in [0.25, 0.3) is 0 Å². The van der Waals surface area contributed by atoms with Crippen molar-refractivity contribution in [3.05, 3.63) is 47.2 Å². The standard InChI is InChI=1S/C21H16F4N4O2/c1-19(2)11-20(31,7-13(8-26)17(19)30)16-15(6-14(22)10-28-16)12-4-3-5-27-18(29-9-12)21(23,24)25/h6-7,9-10,31H,4,11H2,1-2H3,(H,27,29)/b12-9+. The molecule has 1 aromatic heterocycles. The van der Waals surface area contributed by atoms with E-state index in [0.29, 0.717) is 0 Å². The minimum Gasteiger partial charge on any atom is -0.379 e. The molecule has 0 bridgehead atoms. The molecule has 0 spiro atoms. The van der Waals surface area contributed by atoms with Crippen molar-refractivity contribution in [2.45, 2.75) is 38.5 Å². The largest absolute Gasteiger partial charge is 0.450 e. The van der Waals surface area contributed by atoms with Crippen molar-refractivity contribution in [3.63, 3.8) is 0 Å². The molecule has 160 valence electrons. The normalized spacial score (nSPS) is 26.4.